The molecule has 0 radical (unpaired) electrons. The van der Waals surface area contributed by atoms with Crippen LogP contribution < -0.4 is 10.5 Å². The van der Waals surface area contributed by atoms with Crippen LogP contribution in [0.25, 0.3) is 0 Å². The number of primary amides is 1. The number of carbonyl (C=O) groups is 1. The minimum Gasteiger partial charge on any atom is -0.368 e. The molecule has 1 heterocycles. The number of amides is 1. The smallest absolute Gasteiger partial charge is 0.250 e. The van der Waals surface area contributed by atoms with E-state index >= 15 is 0 Å². The zero-order chi connectivity index (χ0) is 11.6. The fraction of sp³-hybridized carbons (Fsp3) is 0.286. The Balaban J connectivity index is 2.90. The number of sulfonamides is 1. The summed E-state index contributed by atoms with van der Waals surface area (Å²) in [6.07, 6.45) is 0. The molecule has 0 bridgehead atoms. The van der Waals surface area contributed by atoms with Gasteiger partial charge in [0.15, 0.2) is 0 Å². The van der Waals surface area contributed by atoms with Gasteiger partial charge in [-0.1, -0.05) is 11.6 Å². The summed E-state index contributed by atoms with van der Waals surface area (Å²) in [5.41, 5.74) is 4.94. The van der Waals surface area contributed by atoms with Crippen molar-refractivity contribution < 1.29 is 13.2 Å². The van der Waals surface area contributed by atoms with Crippen molar-refractivity contribution >= 4 is 38.9 Å². The first kappa shape index (κ1) is 12.4. The molecule has 1 atom stereocenters. The van der Waals surface area contributed by atoms with Gasteiger partial charge in [-0.15, -0.1) is 11.3 Å². The molecular formula is C7H9ClN2O3S2. The number of halogens is 1. The van der Waals surface area contributed by atoms with E-state index in [1.54, 1.807) is 0 Å². The van der Waals surface area contributed by atoms with Crippen LogP contribution >= 0.6 is 22.9 Å². The lowest BCUT2D eigenvalue weighted by Crippen LogP contribution is -2.41. The van der Waals surface area contributed by atoms with Crippen molar-refractivity contribution in [3.8, 4) is 0 Å². The molecule has 0 saturated heterocycles. The second-order valence-corrected chi connectivity index (χ2v) is 6.46. The third-order valence-electron chi connectivity index (χ3n) is 1.57. The Morgan fingerprint density at radius 3 is 2.60 bits per heavy atom. The molecule has 0 aliphatic heterocycles. The molecule has 0 spiro atoms. The van der Waals surface area contributed by atoms with Crippen LogP contribution in [0, 0.1) is 0 Å². The van der Waals surface area contributed by atoms with Gasteiger partial charge in [-0.05, 0) is 19.1 Å². The summed E-state index contributed by atoms with van der Waals surface area (Å²) in [4.78, 5) is 10.7. The molecule has 0 aliphatic rings. The Labute approximate surface area is 96.3 Å². The molecule has 84 valence electrons. The van der Waals surface area contributed by atoms with Crippen LogP contribution in [0.2, 0.25) is 4.34 Å². The summed E-state index contributed by atoms with van der Waals surface area (Å²) >= 11 is 6.51. The van der Waals surface area contributed by atoms with Gasteiger partial charge in [0.1, 0.15) is 4.21 Å². The summed E-state index contributed by atoms with van der Waals surface area (Å²) < 4.78 is 25.7. The molecule has 0 fully saturated rings. The monoisotopic (exact) mass is 268 g/mol. The van der Waals surface area contributed by atoms with Crippen LogP contribution in [-0.2, 0) is 14.8 Å². The van der Waals surface area contributed by atoms with E-state index in [2.05, 4.69) is 4.72 Å². The van der Waals surface area contributed by atoms with Crippen molar-refractivity contribution in [3.63, 3.8) is 0 Å². The second-order valence-electron chi connectivity index (χ2n) is 2.80. The Hall–Kier alpha value is -0.630. The van der Waals surface area contributed by atoms with E-state index in [1.165, 1.54) is 19.1 Å². The molecule has 0 saturated carbocycles. The standard InChI is InChI=1S/C7H9ClN2O3S2/c1-4(7(9)11)10-15(12,13)6-3-2-5(8)14-6/h2-4,10H,1H3,(H2,9,11). The van der Waals surface area contributed by atoms with Crippen molar-refractivity contribution in [1.29, 1.82) is 0 Å². The quantitative estimate of drug-likeness (QED) is 0.836. The van der Waals surface area contributed by atoms with Crippen LogP contribution in [0.5, 0.6) is 0 Å². The van der Waals surface area contributed by atoms with Crippen molar-refractivity contribution in [2.75, 3.05) is 0 Å². The van der Waals surface area contributed by atoms with E-state index in [0.717, 1.165) is 11.3 Å². The first-order valence-corrected chi connectivity index (χ1v) is 6.57. The largest absolute Gasteiger partial charge is 0.368 e. The normalized spacial score (nSPS) is 13.7. The highest BCUT2D eigenvalue weighted by Crippen LogP contribution is 2.25. The van der Waals surface area contributed by atoms with E-state index in [0.29, 0.717) is 4.34 Å². The maximum atomic E-state index is 11.6. The first-order valence-electron chi connectivity index (χ1n) is 3.90. The van der Waals surface area contributed by atoms with Crippen molar-refractivity contribution in [1.82, 2.24) is 4.72 Å². The highest BCUT2D eigenvalue weighted by atomic mass is 35.5. The van der Waals surface area contributed by atoms with E-state index in [4.69, 9.17) is 17.3 Å². The lowest BCUT2D eigenvalue weighted by atomic mass is 10.4. The Bertz CT molecular complexity index is 468. The van der Waals surface area contributed by atoms with Crippen LogP contribution in [0.3, 0.4) is 0 Å². The topological polar surface area (TPSA) is 89.3 Å². The average Bonchev–Trinajstić information content (AvgIpc) is 2.51. The predicted molar refractivity (Wildman–Crippen MR) is 58.3 cm³/mol. The summed E-state index contributed by atoms with van der Waals surface area (Å²) in [5.74, 6) is -0.735. The minimum atomic E-state index is -3.70. The van der Waals surface area contributed by atoms with Gasteiger partial charge >= 0.3 is 0 Å². The number of thiophene rings is 1. The molecule has 8 heteroatoms. The molecule has 1 amide bonds. The van der Waals surface area contributed by atoms with E-state index in [-0.39, 0.29) is 4.21 Å². The lowest BCUT2D eigenvalue weighted by molar-refractivity contribution is -0.119. The predicted octanol–water partition coefficient (Wildman–Crippen LogP) is 0.554. The fourth-order valence-corrected chi connectivity index (χ4v) is 3.50. The fourth-order valence-electron chi connectivity index (χ4n) is 0.791. The Morgan fingerprint density at radius 2 is 2.20 bits per heavy atom. The number of carbonyl (C=O) groups excluding carboxylic acids is 1. The molecule has 1 unspecified atom stereocenters. The molecule has 1 rings (SSSR count). The second kappa shape index (κ2) is 4.48. The van der Waals surface area contributed by atoms with Crippen LogP contribution in [0.15, 0.2) is 16.3 Å². The Kier molecular flexibility index (Phi) is 3.72. The number of hydrogen-bond donors (Lipinski definition) is 2. The Morgan fingerprint density at radius 1 is 1.60 bits per heavy atom. The third kappa shape index (κ3) is 3.16. The highest BCUT2D eigenvalue weighted by Gasteiger charge is 2.21. The zero-order valence-corrected chi connectivity index (χ0v) is 10.1. The number of nitrogens with one attached hydrogen (secondary N) is 1. The van der Waals surface area contributed by atoms with E-state index in [1.807, 2.05) is 0 Å². The molecule has 5 nitrogen and oxygen atoms in total. The highest BCUT2D eigenvalue weighted by molar-refractivity contribution is 7.91. The minimum absolute atomic E-state index is 0.0561. The average molecular weight is 269 g/mol. The van der Waals surface area contributed by atoms with Crippen molar-refractivity contribution in [2.24, 2.45) is 5.73 Å². The van der Waals surface area contributed by atoms with Gasteiger partial charge in [-0.3, -0.25) is 4.79 Å². The van der Waals surface area contributed by atoms with Crippen LogP contribution in [-0.4, -0.2) is 20.4 Å². The zero-order valence-electron chi connectivity index (χ0n) is 7.73. The molecule has 0 aliphatic carbocycles. The lowest BCUT2D eigenvalue weighted by Gasteiger charge is -2.08. The van der Waals surface area contributed by atoms with Gasteiger partial charge in [-0.25, -0.2) is 8.42 Å². The molecule has 15 heavy (non-hydrogen) atoms. The van der Waals surface area contributed by atoms with E-state index in [9.17, 15) is 13.2 Å². The van der Waals surface area contributed by atoms with Gasteiger partial charge in [0.2, 0.25) is 5.91 Å². The van der Waals surface area contributed by atoms with Crippen molar-refractivity contribution in [2.45, 2.75) is 17.2 Å². The molecular weight excluding hydrogens is 260 g/mol. The van der Waals surface area contributed by atoms with Crippen LogP contribution in [0.1, 0.15) is 6.92 Å². The third-order valence-corrected chi connectivity index (χ3v) is 4.84. The molecule has 0 aromatic carbocycles. The summed E-state index contributed by atoms with van der Waals surface area (Å²) in [7, 11) is -3.70. The van der Waals surface area contributed by atoms with Gasteiger partial charge in [0.05, 0.1) is 10.4 Å². The summed E-state index contributed by atoms with van der Waals surface area (Å²) in [6.45, 7) is 1.37. The van der Waals surface area contributed by atoms with Gasteiger partial charge < -0.3 is 5.73 Å². The van der Waals surface area contributed by atoms with Crippen molar-refractivity contribution in [3.05, 3.63) is 16.5 Å². The SMILES string of the molecule is CC(NS(=O)(=O)c1ccc(Cl)s1)C(N)=O. The van der Waals surface area contributed by atoms with Crippen LogP contribution in [0.4, 0.5) is 0 Å². The molecule has 1 aromatic heterocycles. The number of rotatable bonds is 4. The van der Waals surface area contributed by atoms with Gasteiger partial charge in [-0.2, -0.15) is 4.72 Å². The van der Waals surface area contributed by atoms with Gasteiger partial charge in [0, 0.05) is 0 Å². The molecule has 3 N–H and O–H groups in total. The maximum Gasteiger partial charge on any atom is 0.250 e. The summed E-state index contributed by atoms with van der Waals surface area (Å²) in [5, 5.41) is 0. The summed E-state index contributed by atoms with van der Waals surface area (Å²) in [6, 6.07) is 1.88. The first-order chi connectivity index (χ1) is 6.83. The van der Waals surface area contributed by atoms with E-state index < -0.39 is 22.0 Å². The van der Waals surface area contributed by atoms with Gasteiger partial charge in [0.25, 0.3) is 10.0 Å². The molecule has 1 aromatic rings. The maximum absolute atomic E-state index is 11.6. The number of hydrogen-bond acceptors (Lipinski definition) is 4. The number of nitrogens with two attached hydrogens (primary N) is 1.